The lowest BCUT2D eigenvalue weighted by molar-refractivity contribution is -0.126. The highest BCUT2D eigenvalue weighted by atomic mass is 16.2. The van der Waals surface area contributed by atoms with Crippen molar-refractivity contribution in [3.05, 3.63) is 52.9 Å². The minimum Gasteiger partial charge on any atom is -0.352 e. The second-order valence-corrected chi connectivity index (χ2v) is 10.2. The van der Waals surface area contributed by atoms with E-state index in [0.717, 1.165) is 28.8 Å². The van der Waals surface area contributed by atoms with Crippen molar-refractivity contribution in [3.8, 4) is 0 Å². The maximum Gasteiger partial charge on any atom is 0.275 e. The number of rotatable bonds is 4. The number of nitrogens with one attached hydrogen (secondary N) is 1. The van der Waals surface area contributed by atoms with E-state index in [4.69, 9.17) is 0 Å². The van der Waals surface area contributed by atoms with Gasteiger partial charge < -0.3 is 9.72 Å². The number of para-hydroxylation sites is 2. The molecule has 30 heavy (non-hydrogen) atoms. The van der Waals surface area contributed by atoms with Gasteiger partial charge in [0.1, 0.15) is 12.1 Å². The predicted octanol–water partition coefficient (Wildman–Crippen LogP) is 3.98. The number of hydrogen-bond acceptors (Lipinski definition) is 2. The van der Waals surface area contributed by atoms with Gasteiger partial charge in [-0.15, -0.1) is 0 Å². The first kappa shape index (κ1) is 18.2. The fourth-order valence-corrected chi connectivity index (χ4v) is 7.36. The summed E-state index contributed by atoms with van der Waals surface area (Å²) < 4.78 is 3.54. The van der Waals surface area contributed by atoms with Gasteiger partial charge >= 0.3 is 0 Å². The normalized spacial score (nSPS) is 30.8. The zero-order valence-corrected chi connectivity index (χ0v) is 17.5. The Morgan fingerprint density at radius 1 is 1.00 bits per heavy atom. The molecule has 0 spiro atoms. The molecule has 1 aromatic carbocycles. The van der Waals surface area contributed by atoms with Crippen LogP contribution in [0.5, 0.6) is 0 Å². The van der Waals surface area contributed by atoms with Gasteiger partial charge in [0.2, 0.25) is 5.91 Å². The van der Waals surface area contributed by atoms with Crippen molar-refractivity contribution in [1.29, 1.82) is 0 Å². The third kappa shape index (κ3) is 2.67. The van der Waals surface area contributed by atoms with Gasteiger partial charge in [-0.05, 0) is 92.9 Å². The number of nitrogens with zero attached hydrogens (tertiary/aromatic N) is 2. The van der Waals surface area contributed by atoms with Crippen molar-refractivity contribution in [1.82, 2.24) is 14.3 Å². The molecule has 1 unspecified atom stereocenters. The SMILES string of the molecule is CC(NC(=O)Cn1c(=O)c2cccn2c2ccccc21)C12CC3CC(CC(C3)C1)C2. The van der Waals surface area contributed by atoms with Crippen LogP contribution in [0.1, 0.15) is 45.4 Å². The van der Waals surface area contributed by atoms with Crippen molar-refractivity contribution in [2.45, 2.75) is 58.0 Å². The zero-order chi connectivity index (χ0) is 20.5. The highest BCUT2D eigenvalue weighted by Crippen LogP contribution is 2.61. The first-order valence-electron chi connectivity index (χ1n) is 11.4. The molecule has 4 aliphatic carbocycles. The van der Waals surface area contributed by atoms with E-state index in [1.165, 1.54) is 38.5 Å². The van der Waals surface area contributed by atoms with Gasteiger partial charge in [-0.1, -0.05) is 12.1 Å². The van der Waals surface area contributed by atoms with Gasteiger partial charge in [0, 0.05) is 12.2 Å². The molecule has 4 bridgehead atoms. The van der Waals surface area contributed by atoms with Crippen molar-refractivity contribution in [3.63, 3.8) is 0 Å². The molecule has 5 heteroatoms. The number of amides is 1. The van der Waals surface area contributed by atoms with Crippen LogP contribution in [-0.2, 0) is 11.3 Å². The Balaban J connectivity index is 1.29. The first-order chi connectivity index (χ1) is 14.5. The second kappa shape index (κ2) is 6.47. The smallest absolute Gasteiger partial charge is 0.275 e. The van der Waals surface area contributed by atoms with Crippen LogP contribution in [-0.4, -0.2) is 20.9 Å². The molecule has 5 nitrogen and oxygen atoms in total. The maximum atomic E-state index is 13.1. The highest BCUT2D eigenvalue weighted by molar-refractivity contribution is 5.82. The monoisotopic (exact) mass is 403 g/mol. The van der Waals surface area contributed by atoms with Gasteiger partial charge in [-0.25, -0.2) is 0 Å². The first-order valence-corrected chi connectivity index (χ1v) is 11.4. The van der Waals surface area contributed by atoms with Crippen LogP contribution < -0.4 is 10.9 Å². The fourth-order valence-electron chi connectivity index (χ4n) is 7.36. The summed E-state index contributed by atoms with van der Waals surface area (Å²) in [7, 11) is 0. The van der Waals surface area contributed by atoms with E-state index in [0.29, 0.717) is 5.52 Å². The van der Waals surface area contributed by atoms with Gasteiger partial charge in [-0.3, -0.25) is 14.2 Å². The largest absolute Gasteiger partial charge is 0.352 e. The van der Waals surface area contributed by atoms with Crippen molar-refractivity contribution >= 4 is 22.5 Å². The Kier molecular flexibility index (Phi) is 3.93. The summed E-state index contributed by atoms with van der Waals surface area (Å²) in [5.74, 6) is 2.53. The number of fused-ring (bicyclic) bond motifs is 3. The molecule has 1 atom stereocenters. The summed E-state index contributed by atoms with van der Waals surface area (Å²) in [4.78, 5) is 26.2. The third-order valence-electron chi connectivity index (χ3n) is 8.33. The van der Waals surface area contributed by atoms with E-state index < -0.39 is 0 Å². The van der Waals surface area contributed by atoms with Gasteiger partial charge in [0.25, 0.3) is 5.56 Å². The molecule has 4 fully saturated rings. The lowest BCUT2D eigenvalue weighted by atomic mass is 9.48. The Morgan fingerprint density at radius 3 is 2.27 bits per heavy atom. The number of hydrogen-bond donors (Lipinski definition) is 1. The minimum atomic E-state index is -0.115. The number of carbonyl (C=O) groups excluding carboxylic acids is 1. The molecule has 4 aliphatic rings. The molecule has 156 valence electrons. The summed E-state index contributed by atoms with van der Waals surface area (Å²) in [5, 5.41) is 3.31. The van der Waals surface area contributed by atoms with Crippen molar-refractivity contribution in [2.24, 2.45) is 23.2 Å². The molecule has 3 aromatic rings. The lowest BCUT2D eigenvalue weighted by Gasteiger charge is -2.59. The molecule has 7 rings (SSSR count). The molecule has 2 heterocycles. The molecule has 0 saturated heterocycles. The standard InChI is InChI=1S/C25H29N3O2/c1-16(25-12-17-9-18(13-25)11-19(10-17)14-25)26-23(29)15-28-21-6-3-2-5-20(21)27-8-4-7-22(27)24(28)30/h2-8,16-19H,9-15H2,1H3,(H,26,29). The summed E-state index contributed by atoms with van der Waals surface area (Å²) in [6.07, 6.45) is 9.90. The predicted molar refractivity (Wildman–Crippen MR) is 117 cm³/mol. The van der Waals surface area contributed by atoms with Crippen LogP contribution in [0.3, 0.4) is 0 Å². The van der Waals surface area contributed by atoms with E-state index in [1.807, 2.05) is 47.0 Å². The second-order valence-electron chi connectivity index (χ2n) is 10.2. The summed E-state index contributed by atoms with van der Waals surface area (Å²) in [6, 6.07) is 11.7. The van der Waals surface area contributed by atoms with Crippen LogP contribution in [0.15, 0.2) is 47.4 Å². The van der Waals surface area contributed by atoms with E-state index in [1.54, 1.807) is 4.57 Å². The Labute approximate surface area is 176 Å². The highest BCUT2D eigenvalue weighted by Gasteiger charge is 2.53. The van der Waals surface area contributed by atoms with Crippen LogP contribution in [0.4, 0.5) is 0 Å². The summed E-state index contributed by atoms with van der Waals surface area (Å²) in [5.41, 5.74) is 2.50. The van der Waals surface area contributed by atoms with Crippen molar-refractivity contribution in [2.75, 3.05) is 0 Å². The molecule has 4 saturated carbocycles. The third-order valence-corrected chi connectivity index (χ3v) is 8.33. The van der Waals surface area contributed by atoms with Gasteiger partial charge in [0.05, 0.1) is 11.0 Å². The molecule has 2 aromatic heterocycles. The zero-order valence-electron chi connectivity index (χ0n) is 17.5. The lowest BCUT2D eigenvalue weighted by Crippen LogP contribution is -2.56. The van der Waals surface area contributed by atoms with Gasteiger partial charge in [-0.2, -0.15) is 0 Å². The average Bonchev–Trinajstić information content (AvgIpc) is 3.20. The van der Waals surface area contributed by atoms with Crippen LogP contribution >= 0.6 is 0 Å². The van der Waals surface area contributed by atoms with Crippen LogP contribution in [0.2, 0.25) is 0 Å². The van der Waals surface area contributed by atoms with Crippen LogP contribution in [0.25, 0.3) is 16.6 Å². The molecular formula is C25H29N3O2. The van der Waals surface area contributed by atoms with Crippen LogP contribution in [0, 0.1) is 23.2 Å². The summed E-state index contributed by atoms with van der Waals surface area (Å²) in [6.45, 7) is 2.26. The molecule has 0 radical (unpaired) electrons. The van der Waals surface area contributed by atoms with Gasteiger partial charge in [0.15, 0.2) is 0 Å². The topological polar surface area (TPSA) is 55.5 Å². The Morgan fingerprint density at radius 2 is 1.60 bits per heavy atom. The van der Waals surface area contributed by atoms with E-state index in [9.17, 15) is 9.59 Å². The average molecular weight is 404 g/mol. The fraction of sp³-hybridized carbons (Fsp3) is 0.520. The Hall–Kier alpha value is -2.56. The van der Waals surface area contributed by atoms with E-state index in [2.05, 4.69) is 12.2 Å². The number of carbonyl (C=O) groups is 1. The summed E-state index contributed by atoms with van der Waals surface area (Å²) >= 11 is 0. The molecule has 0 aliphatic heterocycles. The molecule has 1 amide bonds. The Bertz CT molecular complexity index is 1170. The molecular weight excluding hydrogens is 374 g/mol. The van der Waals surface area contributed by atoms with E-state index >= 15 is 0 Å². The number of benzene rings is 1. The van der Waals surface area contributed by atoms with E-state index in [-0.39, 0.29) is 29.5 Å². The minimum absolute atomic E-state index is 0.0543. The van der Waals surface area contributed by atoms with Crippen molar-refractivity contribution < 1.29 is 4.79 Å². The number of aromatic nitrogens is 2. The maximum absolute atomic E-state index is 13.1. The quantitative estimate of drug-likeness (QED) is 0.717. The molecule has 1 N–H and O–H groups in total.